The molecule has 1 aliphatic rings. The molecule has 0 N–H and O–H groups in total. The van der Waals surface area contributed by atoms with Crippen LogP contribution in [0.25, 0.3) is 0 Å². The van der Waals surface area contributed by atoms with Gasteiger partial charge in [-0.25, -0.2) is 0 Å². The molecule has 2 unspecified atom stereocenters. The molecule has 1 fully saturated rings. The highest BCUT2D eigenvalue weighted by atomic mass is 14.5. The molecule has 0 spiro atoms. The minimum absolute atomic E-state index is 0.506. The van der Waals surface area contributed by atoms with Crippen LogP contribution in [0.2, 0.25) is 0 Å². The molecule has 0 heteroatoms. The monoisotopic (exact) mass is 180 g/mol. The van der Waals surface area contributed by atoms with Crippen LogP contribution in [-0.2, 0) is 0 Å². The lowest BCUT2D eigenvalue weighted by Gasteiger charge is -2.26. The molecule has 0 nitrogen and oxygen atoms in total. The standard InChI is InChI=1S/C13H24/c1-9(2)7-13(5,6)8-12-10(3)11(12)4/h9,11-12H,3,7-8H2,1-2,4-6H3. The maximum Gasteiger partial charge on any atom is -0.0135 e. The van der Waals surface area contributed by atoms with Crippen molar-refractivity contribution in [3.05, 3.63) is 12.2 Å². The van der Waals surface area contributed by atoms with Crippen molar-refractivity contribution < 1.29 is 0 Å². The smallest absolute Gasteiger partial charge is 0.0135 e. The second-order valence-corrected chi connectivity index (χ2v) is 5.94. The zero-order valence-electron chi connectivity index (χ0n) is 9.85. The van der Waals surface area contributed by atoms with Crippen LogP contribution in [0, 0.1) is 23.2 Å². The Kier molecular flexibility index (Phi) is 2.89. The summed E-state index contributed by atoms with van der Waals surface area (Å²) >= 11 is 0. The zero-order valence-corrected chi connectivity index (χ0v) is 9.85. The minimum Gasteiger partial charge on any atom is -0.0993 e. The first-order valence-corrected chi connectivity index (χ1v) is 5.52. The highest BCUT2D eigenvalue weighted by molar-refractivity contribution is 5.24. The lowest BCUT2D eigenvalue weighted by atomic mass is 9.79. The SMILES string of the molecule is C=C1C(C)C1CC(C)(C)CC(C)C. The molecule has 76 valence electrons. The van der Waals surface area contributed by atoms with Crippen LogP contribution in [0.5, 0.6) is 0 Å². The highest BCUT2D eigenvalue weighted by Gasteiger charge is 2.41. The maximum absolute atomic E-state index is 4.09. The average molecular weight is 180 g/mol. The van der Waals surface area contributed by atoms with Crippen LogP contribution in [0.4, 0.5) is 0 Å². The van der Waals surface area contributed by atoms with Crippen molar-refractivity contribution >= 4 is 0 Å². The van der Waals surface area contributed by atoms with Crippen LogP contribution in [0.3, 0.4) is 0 Å². The molecule has 2 atom stereocenters. The third kappa shape index (κ3) is 2.86. The highest BCUT2D eigenvalue weighted by Crippen LogP contribution is 2.51. The molecule has 13 heavy (non-hydrogen) atoms. The lowest BCUT2D eigenvalue weighted by molar-refractivity contribution is 0.250. The van der Waals surface area contributed by atoms with E-state index >= 15 is 0 Å². The Morgan fingerprint density at radius 3 is 2.15 bits per heavy atom. The van der Waals surface area contributed by atoms with E-state index < -0.39 is 0 Å². The van der Waals surface area contributed by atoms with E-state index in [0.717, 1.165) is 17.8 Å². The summed E-state index contributed by atoms with van der Waals surface area (Å²) in [7, 11) is 0. The van der Waals surface area contributed by atoms with Gasteiger partial charge in [0, 0.05) is 0 Å². The summed E-state index contributed by atoms with van der Waals surface area (Å²) in [5.41, 5.74) is 1.99. The van der Waals surface area contributed by atoms with E-state index in [4.69, 9.17) is 0 Å². The Morgan fingerprint density at radius 1 is 1.38 bits per heavy atom. The Hall–Kier alpha value is -0.260. The van der Waals surface area contributed by atoms with Crippen LogP contribution >= 0.6 is 0 Å². The lowest BCUT2D eigenvalue weighted by Crippen LogP contribution is -2.15. The van der Waals surface area contributed by atoms with Gasteiger partial charge in [-0.1, -0.05) is 46.8 Å². The molecule has 1 rings (SSSR count). The predicted molar refractivity (Wildman–Crippen MR) is 59.6 cm³/mol. The van der Waals surface area contributed by atoms with Gasteiger partial charge in [0.2, 0.25) is 0 Å². The largest absolute Gasteiger partial charge is 0.0993 e. The number of hydrogen-bond acceptors (Lipinski definition) is 0. The van der Waals surface area contributed by atoms with Crippen molar-refractivity contribution in [1.82, 2.24) is 0 Å². The second kappa shape index (κ2) is 3.48. The summed E-state index contributed by atoms with van der Waals surface area (Å²) in [5, 5.41) is 0. The van der Waals surface area contributed by atoms with Gasteiger partial charge in [0.05, 0.1) is 0 Å². The first kappa shape index (κ1) is 10.8. The van der Waals surface area contributed by atoms with E-state index in [1.165, 1.54) is 18.4 Å². The van der Waals surface area contributed by atoms with Crippen molar-refractivity contribution in [3.8, 4) is 0 Å². The fourth-order valence-electron chi connectivity index (χ4n) is 2.63. The fraction of sp³-hybridized carbons (Fsp3) is 0.846. The van der Waals surface area contributed by atoms with Gasteiger partial charge in [0.1, 0.15) is 0 Å². The Morgan fingerprint density at radius 2 is 1.85 bits per heavy atom. The quantitative estimate of drug-likeness (QED) is 0.567. The Balaban J connectivity index is 2.39. The topological polar surface area (TPSA) is 0 Å². The first-order chi connectivity index (χ1) is 5.83. The minimum atomic E-state index is 0.506. The van der Waals surface area contributed by atoms with Gasteiger partial charge in [0.15, 0.2) is 0 Å². The van der Waals surface area contributed by atoms with Crippen molar-refractivity contribution in [1.29, 1.82) is 0 Å². The summed E-state index contributed by atoms with van der Waals surface area (Å²) in [6, 6.07) is 0. The van der Waals surface area contributed by atoms with Crippen molar-refractivity contribution in [2.45, 2.75) is 47.5 Å². The molecule has 0 aromatic heterocycles. The van der Waals surface area contributed by atoms with Gasteiger partial charge in [-0.15, -0.1) is 0 Å². The molecule has 0 heterocycles. The molecule has 0 radical (unpaired) electrons. The molecule has 0 amide bonds. The Bertz CT molecular complexity index is 198. The van der Waals surface area contributed by atoms with Crippen molar-refractivity contribution in [3.63, 3.8) is 0 Å². The molecule has 1 aliphatic carbocycles. The second-order valence-electron chi connectivity index (χ2n) is 5.94. The van der Waals surface area contributed by atoms with Gasteiger partial charge >= 0.3 is 0 Å². The van der Waals surface area contributed by atoms with Crippen LogP contribution in [0.1, 0.15) is 47.5 Å². The third-order valence-electron chi connectivity index (χ3n) is 3.29. The molecule has 0 aromatic carbocycles. The summed E-state index contributed by atoms with van der Waals surface area (Å²) in [6.45, 7) is 15.8. The maximum atomic E-state index is 4.09. The van der Waals surface area contributed by atoms with Crippen LogP contribution < -0.4 is 0 Å². The number of rotatable bonds is 4. The fourth-order valence-corrected chi connectivity index (χ4v) is 2.63. The zero-order chi connectivity index (χ0) is 10.2. The molecule has 0 bridgehead atoms. The molecule has 1 saturated carbocycles. The van der Waals surface area contributed by atoms with E-state index in [-0.39, 0.29) is 0 Å². The van der Waals surface area contributed by atoms with Gasteiger partial charge in [-0.05, 0) is 36.0 Å². The van der Waals surface area contributed by atoms with E-state index in [1.54, 1.807) is 0 Å². The molecular weight excluding hydrogens is 156 g/mol. The predicted octanol–water partition coefficient (Wildman–Crippen LogP) is 4.27. The molecule has 0 saturated heterocycles. The van der Waals surface area contributed by atoms with Crippen LogP contribution in [-0.4, -0.2) is 0 Å². The first-order valence-electron chi connectivity index (χ1n) is 5.52. The van der Waals surface area contributed by atoms with Gasteiger partial charge in [0.25, 0.3) is 0 Å². The van der Waals surface area contributed by atoms with Gasteiger partial charge < -0.3 is 0 Å². The van der Waals surface area contributed by atoms with Crippen molar-refractivity contribution in [2.24, 2.45) is 23.2 Å². The molecular formula is C13H24. The average Bonchev–Trinajstić information content (AvgIpc) is 2.41. The van der Waals surface area contributed by atoms with E-state index in [9.17, 15) is 0 Å². The molecule has 0 aliphatic heterocycles. The third-order valence-corrected chi connectivity index (χ3v) is 3.29. The number of allylic oxidation sites excluding steroid dienone is 1. The van der Waals surface area contributed by atoms with Crippen LogP contribution in [0.15, 0.2) is 12.2 Å². The van der Waals surface area contributed by atoms with Crippen molar-refractivity contribution in [2.75, 3.05) is 0 Å². The van der Waals surface area contributed by atoms with Gasteiger partial charge in [-0.2, -0.15) is 0 Å². The van der Waals surface area contributed by atoms with E-state index in [0.29, 0.717) is 5.41 Å². The summed E-state index contributed by atoms with van der Waals surface area (Å²) in [4.78, 5) is 0. The van der Waals surface area contributed by atoms with Gasteiger partial charge in [-0.3, -0.25) is 0 Å². The Labute approximate surface area is 83.4 Å². The summed E-state index contributed by atoms with van der Waals surface area (Å²) in [6.07, 6.45) is 2.68. The normalized spacial score (nSPS) is 28.3. The van der Waals surface area contributed by atoms with E-state index in [2.05, 4.69) is 41.2 Å². The number of hydrogen-bond donors (Lipinski definition) is 0. The summed E-state index contributed by atoms with van der Waals surface area (Å²) < 4.78 is 0. The molecule has 0 aromatic rings. The summed E-state index contributed by atoms with van der Waals surface area (Å²) in [5.74, 6) is 2.44. The van der Waals surface area contributed by atoms with E-state index in [1.807, 2.05) is 0 Å².